The molecule has 2 rings (SSSR count). The topological polar surface area (TPSA) is 35.5 Å². The average molecular weight is 356 g/mol. The summed E-state index contributed by atoms with van der Waals surface area (Å²) < 4.78 is 11.0. The van der Waals surface area contributed by atoms with Gasteiger partial charge in [-0.1, -0.05) is 23.7 Å². The first-order chi connectivity index (χ1) is 9.56. The van der Waals surface area contributed by atoms with Gasteiger partial charge in [-0.25, -0.2) is 0 Å². The van der Waals surface area contributed by atoms with Crippen molar-refractivity contribution in [1.29, 1.82) is 0 Å². The van der Waals surface area contributed by atoms with Crippen LogP contribution in [0.5, 0.6) is 11.5 Å². The lowest BCUT2D eigenvalue weighted by atomic mass is 10.0. The number of ketones is 1. The van der Waals surface area contributed by atoms with Gasteiger partial charge in [0.2, 0.25) is 0 Å². The highest BCUT2D eigenvalue weighted by atomic mass is 79.9. The number of halogens is 2. The third kappa shape index (κ3) is 2.97. The first kappa shape index (κ1) is 14.9. The van der Waals surface area contributed by atoms with Crippen LogP contribution in [0, 0.1) is 0 Å². The predicted octanol–water partition coefficient (Wildman–Crippen LogP) is 4.35. The molecule has 0 atom stereocenters. The summed E-state index contributed by atoms with van der Waals surface area (Å²) in [5.74, 6) is 0.886. The molecule has 20 heavy (non-hydrogen) atoms. The van der Waals surface area contributed by atoms with Crippen molar-refractivity contribution in [2.24, 2.45) is 0 Å². The highest BCUT2D eigenvalue weighted by molar-refractivity contribution is 9.10. The molecular weight excluding hydrogens is 344 g/mol. The second-order valence-electron chi connectivity index (χ2n) is 4.03. The Balaban J connectivity index is 2.54. The molecule has 0 saturated carbocycles. The van der Waals surface area contributed by atoms with E-state index in [9.17, 15) is 4.79 Å². The summed E-state index contributed by atoms with van der Waals surface area (Å²) in [6.45, 7) is 0. The van der Waals surface area contributed by atoms with E-state index in [-0.39, 0.29) is 5.78 Å². The van der Waals surface area contributed by atoms with Gasteiger partial charge in [-0.3, -0.25) is 4.79 Å². The van der Waals surface area contributed by atoms with E-state index in [4.69, 9.17) is 21.1 Å². The minimum atomic E-state index is -0.168. The van der Waals surface area contributed by atoms with Crippen molar-refractivity contribution >= 4 is 33.3 Å². The van der Waals surface area contributed by atoms with Crippen LogP contribution in [0.15, 0.2) is 40.9 Å². The van der Waals surface area contributed by atoms with Crippen molar-refractivity contribution in [3.63, 3.8) is 0 Å². The molecule has 0 saturated heterocycles. The number of hydrogen-bond acceptors (Lipinski definition) is 3. The van der Waals surface area contributed by atoms with Crippen LogP contribution in [0.25, 0.3) is 0 Å². The van der Waals surface area contributed by atoms with Gasteiger partial charge >= 0.3 is 0 Å². The summed E-state index contributed by atoms with van der Waals surface area (Å²) in [4.78, 5) is 12.6. The summed E-state index contributed by atoms with van der Waals surface area (Å²) in [5.41, 5.74) is 0.942. The lowest BCUT2D eigenvalue weighted by Gasteiger charge is -2.12. The highest BCUT2D eigenvalue weighted by Crippen LogP contribution is 2.34. The Morgan fingerprint density at radius 1 is 1.15 bits per heavy atom. The van der Waals surface area contributed by atoms with Crippen LogP contribution in [0.2, 0.25) is 5.02 Å². The number of carbonyl (C=O) groups excluding carboxylic acids is 1. The first-order valence-corrected chi connectivity index (χ1v) is 6.95. The van der Waals surface area contributed by atoms with Gasteiger partial charge in [0.05, 0.1) is 19.8 Å². The van der Waals surface area contributed by atoms with E-state index >= 15 is 0 Å². The van der Waals surface area contributed by atoms with Gasteiger partial charge in [0.25, 0.3) is 0 Å². The van der Waals surface area contributed by atoms with Gasteiger partial charge in [-0.15, -0.1) is 0 Å². The normalized spacial score (nSPS) is 10.2. The van der Waals surface area contributed by atoms with Gasteiger partial charge in [-0.05, 0) is 34.1 Å². The van der Waals surface area contributed by atoms with Gasteiger partial charge in [-0.2, -0.15) is 0 Å². The third-order valence-electron chi connectivity index (χ3n) is 2.80. The molecule has 0 aliphatic heterocycles. The Hall–Kier alpha value is -1.52. The zero-order chi connectivity index (χ0) is 14.7. The van der Waals surface area contributed by atoms with Crippen molar-refractivity contribution in [2.75, 3.05) is 14.2 Å². The van der Waals surface area contributed by atoms with E-state index in [1.54, 1.807) is 43.5 Å². The molecule has 0 aromatic heterocycles. The monoisotopic (exact) mass is 354 g/mol. The number of methoxy groups -OCH3 is 2. The van der Waals surface area contributed by atoms with Gasteiger partial charge in [0.1, 0.15) is 11.5 Å². The van der Waals surface area contributed by atoms with Crippen molar-refractivity contribution in [3.05, 3.63) is 57.0 Å². The Labute approximate surface area is 130 Å². The Morgan fingerprint density at radius 3 is 2.50 bits per heavy atom. The molecular formula is C15H12BrClO3. The largest absolute Gasteiger partial charge is 0.497 e. The lowest BCUT2D eigenvalue weighted by molar-refractivity contribution is 0.103. The molecule has 0 amide bonds. The molecule has 2 aromatic carbocycles. The molecule has 0 aliphatic rings. The van der Waals surface area contributed by atoms with Crippen LogP contribution in [0.1, 0.15) is 15.9 Å². The fourth-order valence-corrected chi connectivity index (χ4v) is 2.62. The smallest absolute Gasteiger partial charge is 0.197 e. The minimum absolute atomic E-state index is 0.168. The quantitative estimate of drug-likeness (QED) is 0.765. The average Bonchev–Trinajstić information content (AvgIpc) is 2.45. The van der Waals surface area contributed by atoms with E-state index in [0.29, 0.717) is 32.1 Å². The van der Waals surface area contributed by atoms with Gasteiger partial charge in [0.15, 0.2) is 5.78 Å². The number of hydrogen-bond donors (Lipinski definition) is 0. The first-order valence-electron chi connectivity index (χ1n) is 5.78. The van der Waals surface area contributed by atoms with Crippen LogP contribution in [0.4, 0.5) is 0 Å². The summed E-state index contributed by atoms with van der Waals surface area (Å²) in [6, 6.07) is 10.2. The van der Waals surface area contributed by atoms with E-state index < -0.39 is 0 Å². The van der Waals surface area contributed by atoms with E-state index in [1.165, 1.54) is 7.11 Å². The van der Waals surface area contributed by atoms with E-state index in [0.717, 1.165) is 0 Å². The molecule has 0 N–H and O–H groups in total. The molecule has 0 radical (unpaired) electrons. The summed E-state index contributed by atoms with van der Waals surface area (Å²) >= 11 is 9.30. The predicted molar refractivity (Wildman–Crippen MR) is 82.1 cm³/mol. The molecule has 0 heterocycles. The maximum Gasteiger partial charge on any atom is 0.197 e. The maximum atomic E-state index is 12.6. The third-order valence-corrected chi connectivity index (χ3v) is 3.66. The number of ether oxygens (including phenoxy) is 2. The second-order valence-corrected chi connectivity index (χ2v) is 5.32. The fourth-order valence-electron chi connectivity index (χ4n) is 1.83. The molecule has 5 heteroatoms. The van der Waals surface area contributed by atoms with Crippen molar-refractivity contribution in [2.45, 2.75) is 0 Å². The summed E-state index contributed by atoms with van der Waals surface area (Å²) in [5, 5.41) is 0.513. The molecule has 0 unspecified atom stereocenters. The van der Waals surface area contributed by atoms with Crippen LogP contribution < -0.4 is 9.47 Å². The van der Waals surface area contributed by atoms with Crippen LogP contribution in [0.3, 0.4) is 0 Å². The zero-order valence-corrected chi connectivity index (χ0v) is 13.3. The Bertz CT molecular complexity index is 656. The minimum Gasteiger partial charge on any atom is -0.497 e. The molecule has 0 fully saturated rings. The summed E-state index contributed by atoms with van der Waals surface area (Å²) in [6.07, 6.45) is 0. The highest BCUT2D eigenvalue weighted by Gasteiger charge is 2.19. The molecule has 0 bridgehead atoms. The molecule has 0 spiro atoms. The maximum absolute atomic E-state index is 12.6. The van der Waals surface area contributed by atoms with Gasteiger partial charge < -0.3 is 9.47 Å². The molecule has 104 valence electrons. The molecule has 0 aliphatic carbocycles. The van der Waals surface area contributed by atoms with Crippen LogP contribution >= 0.6 is 27.5 Å². The van der Waals surface area contributed by atoms with E-state index in [1.807, 2.05) is 0 Å². The summed E-state index contributed by atoms with van der Waals surface area (Å²) in [7, 11) is 3.07. The van der Waals surface area contributed by atoms with Crippen molar-refractivity contribution in [1.82, 2.24) is 0 Å². The van der Waals surface area contributed by atoms with Gasteiger partial charge in [0, 0.05) is 21.1 Å². The van der Waals surface area contributed by atoms with Crippen molar-refractivity contribution in [3.8, 4) is 11.5 Å². The second kappa shape index (κ2) is 6.29. The molecule has 2 aromatic rings. The van der Waals surface area contributed by atoms with E-state index in [2.05, 4.69) is 15.9 Å². The number of rotatable bonds is 4. The Morgan fingerprint density at radius 2 is 1.90 bits per heavy atom. The Kier molecular flexibility index (Phi) is 4.68. The molecule has 3 nitrogen and oxygen atoms in total. The zero-order valence-electron chi connectivity index (χ0n) is 10.9. The van der Waals surface area contributed by atoms with Crippen LogP contribution in [-0.4, -0.2) is 20.0 Å². The van der Waals surface area contributed by atoms with Crippen LogP contribution in [-0.2, 0) is 0 Å². The van der Waals surface area contributed by atoms with Crippen molar-refractivity contribution < 1.29 is 14.3 Å². The SMILES string of the molecule is COc1cc(Br)c(C(=O)c2cccc(Cl)c2)c(OC)c1. The lowest BCUT2D eigenvalue weighted by Crippen LogP contribution is -2.05. The number of benzene rings is 2. The standard InChI is InChI=1S/C15H12BrClO3/c1-19-11-7-12(16)14(13(8-11)20-2)15(18)9-4-3-5-10(17)6-9/h3-8H,1-2H3. The fraction of sp³-hybridized carbons (Fsp3) is 0.133. The number of carbonyl (C=O) groups is 1.